The number of ether oxygens (including phenoxy) is 1. The molecule has 0 atom stereocenters. The quantitative estimate of drug-likeness (QED) is 0.376. The number of rotatable bonds is 6. The van der Waals surface area contributed by atoms with E-state index in [9.17, 15) is 9.59 Å². The molecule has 2 aromatic heterocycles. The molecule has 0 unspecified atom stereocenters. The van der Waals surface area contributed by atoms with Gasteiger partial charge in [-0.2, -0.15) is 0 Å². The maximum absolute atomic E-state index is 12.4. The summed E-state index contributed by atoms with van der Waals surface area (Å²) in [6, 6.07) is 14.5. The van der Waals surface area contributed by atoms with Crippen molar-refractivity contribution in [1.82, 2.24) is 24.7 Å². The number of nitrogens with one attached hydrogen (secondary N) is 1. The minimum Gasteiger partial charge on any atom is -0.465 e. The molecule has 0 saturated carbocycles. The van der Waals surface area contributed by atoms with Crippen LogP contribution >= 0.6 is 11.8 Å². The summed E-state index contributed by atoms with van der Waals surface area (Å²) in [4.78, 5) is 31.5. The lowest BCUT2D eigenvalue weighted by molar-refractivity contribution is 0.0601. The molecule has 2 heterocycles. The van der Waals surface area contributed by atoms with E-state index < -0.39 is 5.97 Å². The summed E-state index contributed by atoms with van der Waals surface area (Å²) < 4.78 is 6.76. The van der Waals surface area contributed by atoms with E-state index in [1.165, 1.54) is 18.9 Å². The van der Waals surface area contributed by atoms with Gasteiger partial charge < -0.3 is 14.3 Å². The van der Waals surface area contributed by atoms with E-state index in [1.807, 2.05) is 41.8 Å². The van der Waals surface area contributed by atoms with Crippen molar-refractivity contribution < 1.29 is 9.53 Å². The van der Waals surface area contributed by atoms with Gasteiger partial charge in [0.25, 0.3) is 5.56 Å². The Balaban J connectivity index is 1.61. The second-order valence-electron chi connectivity index (χ2n) is 6.44. The maximum atomic E-state index is 12.4. The second kappa shape index (κ2) is 8.50. The van der Waals surface area contributed by atoms with Crippen LogP contribution in [0.15, 0.2) is 58.5 Å². The standard InChI is InChI=1S/C21H19N5O3S/c1-3-26-18(13-7-5-4-6-8-13)24-25-21(26)30-12-17-22-16-11-14(20(28)29-2)9-10-15(16)19(27)23-17/h4-11H,3,12H2,1-2H3,(H,22,23,27). The van der Waals surface area contributed by atoms with Crippen LogP contribution in [0.5, 0.6) is 0 Å². The molecule has 0 amide bonds. The first kappa shape index (κ1) is 19.8. The molecule has 8 nitrogen and oxygen atoms in total. The van der Waals surface area contributed by atoms with Gasteiger partial charge in [0, 0.05) is 12.1 Å². The number of nitrogens with zero attached hydrogens (tertiary/aromatic N) is 4. The highest BCUT2D eigenvalue weighted by Crippen LogP contribution is 2.25. The van der Waals surface area contributed by atoms with E-state index in [0.29, 0.717) is 34.6 Å². The molecule has 0 fully saturated rings. The van der Waals surface area contributed by atoms with Crippen molar-refractivity contribution in [3.05, 3.63) is 70.3 Å². The first-order valence-corrected chi connectivity index (χ1v) is 10.3. The fourth-order valence-electron chi connectivity index (χ4n) is 3.12. The van der Waals surface area contributed by atoms with Gasteiger partial charge in [0.2, 0.25) is 0 Å². The van der Waals surface area contributed by atoms with Crippen LogP contribution in [0.25, 0.3) is 22.3 Å². The van der Waals surface area contributed by atoms with Crippen molar-refractivity contribution in [2.24, 2.45) is 0 Å². The minimum atomic E-state index is -0.473. The fourth-order valence-corrected chi connectivity index (χ4v) is 3.99. The zero-order chi connectivity index (χ0) is 21.1. The van der Waals surface area contributed by atoms with Gasteiger partial charge in [0.1, 0.15) is 5.82 Å². The Kier molecular flexibility index (Phi) is 5.62. The topological polar surface area (TPSA) is 103 Å². The van der Waals surface area contributed by atoms with Gasteiger partial charge >= 0.3 is 5.97 Å². The summed E-state index contributed by atoms with van der Waals surface area (Å²) in [6.45, 7) is 2.74. The highest BCUT2D eigenvalue weighted by Gasteiger charge is 2.14. The molecule has 0 radical (unpaired) electrons. The summed E-state index contributed by atoms with van der Waals surface area (Å²) in [5.74, 6) is 1.22. The fraction of sp³-hybridized carbons (Fsp3) is 0.190. The van der Waals surface area contributed by atoms with Crippen LogP contribution in [-0.2, 0) is 17.0 Å². The van der Waals surface area contributed by atoms with Crippen LogP contribution in [-0.4, -0.2) is 37.8 Å². The number of hydrogen-bond acceptors (Lipinski definition) is 7. The Morgan fingerprint density at radius 3 is 2.70 bits per heavy atom. The number of fused-ring (bicyclic) bond motifs is 1. The molecule has 9 heteroatoms. The molecule has 0 aliphatic rings. The molecule has 0 saturated heterocycles. The summed E-state index contributed by atoms with van der Waals surface area (Å²) in [7, 11) is 1.31. The van der Waals surface area contributed by atoms with Crippen molar-refractivity contribution in [2.75, 3.05) is 7.11 Å². The van der Waals surface area contributed by atoms with E-state index in [0.717, 1.165) is 16.5 Å². The molecular weight excluding hydrogens is 402 g/mol. The van der Waals surface area contributed by atoms with Crippen LogP contribution in [0.4, 0.5) is 0 Å². The van der Waals surface area contributed by atoms with Gasteiger partial charge in [0.05, 0.1) is 29.3 Å². The van der Waals surface area contributed by atoms with E-state index in [1.54, 1.807) is 18.2 Å². The van der Waals surface area contributed by atoms with E-state index in [2.05, 4.69) is 20.2 Å². The largest absolute Gasteiger partial charge is 0.465 e. The van der Waals surface area contributed by atoms with E-state index in [4.69, 9.17) is 4.74 Å². The van der Waals surface area contributed by atoms with Gasteiger partial charge in [-0.15, -0.1) is 10.2 Å². The van der Waals surface area contributed by atoms with Crippen LogP contribution in [0.1, 0.15) is 23.1 Å². The normalized spacial score (nSPS) is 11.0. The van der Waals surface area contributed by atoms with Crippen LogP contribution in [0.2, 0.25) is 0 Å². The molecule has 4 aromatic rings. The number of H-pyrrole nitrogens is 1. The lowest BCUT2D eigenvalue weighted by atomic mass is 10.1. The lowest BCUT2D eigenvalue weighted by Gasteiger charge is -2.07. The number of carbonyl (C=O) groups is 1. The zero-order valence-electron chi connectivity index (χ0n) is 16.5. The number of aromatic amines is 1. The molecule has 30 heavy (non-hydrogen) atoms. The third-order valence-electron chi connectivity index (χ3n) is 4.58. The average Bonchev–Trinajstić information content (AvgIpc) is 3.20. The van der Waals surface area contributed by atoms with Crippen molar-refractivity contribution in [1.29, 1.82) is 0 Å². The number of hydrogen-bond donors (Lipinski definition) is 1. The Morgan fingerprint density at radius 1 is 1.17 bits per heavy atom. The molecule has 0 aliphatic heterocycles. The Hall–Kier alpha value is -3.46. The molecule has 1 N–H and O–H groups in total. The lowest BCUT2D eigenvalue weighted by Crippen LogP contribution is -2.12. The van der Waals surface area contributed by atoms with E-state index in [-0.39, 0.29) is 5.56 Å². The van der Waals surface area contributed by atoms with Crippen LogP contribution in [0, 0.1) is 0 Å². The Bertz CT molecular complexity index is 1270. The molecule has 0 bridgehead atoms. The zero-order valence-corrected chi connectivity index (χ0v) is 17.3. The predicted molar refractivity (Wildman–Crippen MR) is 114 cm³/mol. The first-order chi connectivity index (χ1) is 14.6. The SMILES string of the molecule is CCn1c(SCc2nc3cc(C(=O)OC)ccc3c(=O)[nH]2)nnc1-c1ccccc1. The number of esters is 1. The Morgan fingerprint density at radius 2 is 1.97 bits per heavy atom. The third kappa shape index (κ3) is 3.84. The summed E-state index contributed by atoms with van der Waals surface area (Å²) in [5, 5.41) is 9.79. The first-order valence-electron chi connectivity index (χ1n) is 9.33. The summed E-state index contributed by atoms with van der Waals surface area (Å²) in [6.07, 6.45) is 0. The van der Waals surface area contributed by atoms with E-state index >= 15 is 0 Å². The number of aromatic nitrogens is 5. The van der Waals surface area contributed by atoms with Gasteiger partial charge in [0.15, 0.2) is 11.0 Å². The number of thioether (sulfide) groups is 1. The third-order valence-corrected chi connectivity index (χ3v) is 5.56. The molecule has 0 spiro atoms. The summed E-state index contributed by atoms with van der Waals surface area (Å²) in [5.41, 5.74) is 1.53. The maximum Gasteiger partial charge on any atom is 0.337 e. The number of benzene rings is 2. The van der Waals surface area contributed by atoms with Crippen molar-refractivity contribution >= 4 is 28.6 Å². The van der Waals surface area contributed by atoms with Gasteiger partial charge in [-0.25, -0.2) is 9.78 Å². The van der Waals surface area contributed by atoms with Crippen LogP contribution < -0.4 is 5.56 Å². The molecular formula is C21H19N5O3S. The smallest absolute Gasteiger partial charge is 0.337 e. The molecule has 0 aliphatic carbocycles. The van der Waals surface area contributed by atoms with Gasteiger partial charge in [-0.3, -0.25) is 4.79 Å². The molecule has 2 aromatic carbocycles. The monoisotopic (exact) mass is 421 g/mol. The number of methoxy groups -OCH3 is 1. The molecule has 152 valence electrons. The van der Waals surface area contributed by atoms with Gasteiger partial charge in [-0.1, -0.05) is 42.1 Å². The second-order valence-corrected chi connectivity index (χ2v) is 7.38. The van der Waals surface area contributed by atoms with Crippen molar-refractivity contribution in [2.45, 2.75) is 24.4 Å². The van der Waals surface area contributed by atoms with Crippen molar-refractivity contribution in [3.63, 3.8) is 0 Å². The van der Waals surface area contributed by atoms with Crippen LogP contribution in [0.3, 0.4) is 0 Å². The van der Waals surface area contributed by atoms with Gasteiger partial charge in [-0.05, 0) is 25.1 Å². The number of carbonyl (C=O) groups excluding carboxylic acids is 1. The predicted octanol–water partition coefficient (Wildman–Crippen LogP) is 3.28. The minimum absolute atomic E-state index is 0.256. The Labute approximate surface area is 176 Å². The highest BCUT2D eigenvalue weighted by atomic mass is 32.2. The highest BCUT2D eigenvalue weighted by molar-refractivity contribution is 7.98. The average molecular weight is 421 g/mol. The summed E-state index contributed by atoms with van der Waals surface area (Å²) >= 11 is 1.44. The van der Waals surface area contributed by atoms with Crippen molar-refractivity contribution in [3.8, 4) is 11.4 Å². The molecule has 4 rings (SSSR count).